The van der Waals surface area contributed by atoms with E-state index in [-0.39, 0.29) is 12.5 Å². The lowest BCUT2D eigenvalue weighted by molar-refractivity contribution is 0.577. The highest BCUT2D eigenvalue weighted by molar-refractivity contribution is 7.99. The molecule has 27 heavy (non-hydrogen) atoms. The van der Waals surface area contributed by atoms with E-state index in [1.165, 1.54) is 23.9 Å². The van der Waals surface area contributed by atoms with E-state index in [9.17, 15) is 13.7 Å². The van der Waals surface area contributed by atoms with E-state index >= 15 is 0 Å². The van der Waals surface area contributed by atoms with E-state index in [1.807, 2.05) is 30.5 Å². The molecule has 0 radical (unpaired) electrons. The van der Waals surface area contributed by atoms with Crippen LogP contribution < -0.4 is 0 Å². The Morgan fingerprint density at radius 3 is 2.56 bits per heavy atom. The van der Waals surface area contributed by atoms with Crippen molar-refractivity contribution >= 4 is 11.8 Å². The normalized spacial score (nSPS) is 11.1. The van der Waals surface area contributed by atoms with Crippen LogP contribution >= 0.6 is 11.8 Å². The minimum atomic E-state index is -0.642. The minimum absolute atomic E-state index is 0.0615. The van der Waals surface area contributed by atoms with Gasteiger partial charge in [-0.05, 0) is 29.7 Å². The number of hydrogen-bond donors (Lipinski definition) is 0. The predicted molar refractivity (Wildman–Crippen MR) is 99.6 cm³/mol. The molecule has 0 aliphatic rings. The number of halogens is 2. The predicted octanol–water partition coefficient (Wildman–Crippen LogP) is 5.15. The Hall–Kier alpha value is -2.61. The van der Waals surface area contributed by atoms with Crippen LogP contribution in [0.25, 0.3) is 0 Å². The lowest BCUT2D eigenvalue weighted by Gasteiger charge is -2.13. The SMILES string of the molecule is CC(C)c1nc(CN=O)n(Cc2cccnc2)c1Sc1cc(F)cc(F)c1. The van der Waals surface area contributed by atoms with Crippen molar-refractivity contribution in [3.63, 3.8) is 0 Å². The third-order valence-corrected chi connectivity index (χ3v) is 4.99. The van der Waals surface area contributed by atoms with Gasteiger partial charge in [0.2, 0.25) is 0 Å². The zero-order chi connectivity index (χ0) is 19.4. The summed E-state index contributed by atoms with van der Waals surface area (Å²) in [5, 5.41) is 3.71. The zero-order valence-corrected chi connectivity index (χ0v) is 15.7. The van der Waals surface area contributed by atoms with Gasteiger partial charge < -0.3 is 4.57 Å². The average molecular weight is 388 g/mol. The standard InChI is InChI=1S/C19H18F2N4OS/c1-12(2)18-19(27-16-7-14(20)6-15(21)8-16)25(17(24-18)10-23-26)11-13-4-3-5-22-9-13/h3-9,12H,10-11H2,1-2H3. The van der Waals surface area contributed by atoms with Gasteiger partial charge in [-0.1, -0.05) is 36.9 Å². The molecule has 3 aromatic rings. The van der Waals surface area contributed by atoms with Crippen molar-refractivity contribution in [1.82, 2.24) is 14.5 Å². The maximum Gasteiger partial charge on any atom is 0.139 e. The molecule has 0 fully saturated rings. The van der Waals surface area contributed by atoms with E-state index in [4.69, 9.17) is 0 Å². The number of hydrogen-bond acceptors (Lipinski definition) is 5. The number of imidazole rings is 1. The van der Waals surface area contributed by atoms with Crippen molar-refractivity contribution in [2.45, 2.75) is 42.8 Å². The Morgan fingerprint density at radius 1 is 1.22 bits per heavy atom. The van der Waals surface area contributed by atoms with Crippen LogP contribution in [0.3, 0.4) is 0 Å². The first-order valence-corrected chi connectivity index (χ1v) is 9.21. The summed E-state index contributed by atoms with van der Waals surface area (Å²) in [5.41, 5.74) is 1.68. The zero-order valence-electron chi connectivity index (χ0n) is 14.9. The van der Waals surface area contributed by atoms with E-state index < -0.39 is 11.6 Å². The molecule has 0 saturated heterocycles. The summed E-state index contributed by atoms with van der Waals surface area (Å²) in [6, 6.07) is 7.12. The maximum absolute atomic E-state index is 13.6. The molecule has 0 amide bonds. The second-order valence-corrected chi connectivity index (χ2v) is 7.38. The molecule has 0 atom stereocenters. The molecule has 0 aliphatic heterocycles. The Bertz CT molecular complexity index is 924. The van der Waals surface area contributed by atoms with Crippen LogP contribution in [0.1, 0.15) is 36.8 Å². The number of rotatable bonds is 7. The monoisotopic (exact) mass is 388 g/mol. The van der Waals surface area contributed by atoms with Crippen molar-refractivity contribution in [1.29, 1.82) is 0 Å². The van der Waals surface area contributed by atoms with Crippen molar-refractivity contribution < 1.29 is 8.78 Å². The molecule has 0 spiro atoms. The fraction of sp³-hybridized carbons (Fsp3) is 0.263. The molecule has 2 heterocycles. The molecule has 0 aliphatic carbocycles. The van der Waals surface area contributed by atoms with Gasteiger partial charge in [-0.15, -0.1) is 0 Å². The number of nitrogens with zero attached hydrogens (tertiary/aromatic N) is 4. The largest absolute Gasteiger partial charge is 0.316 e. The Morgan fingerprint density at radius 2 is 1.96 bits per heavy atom. The van der Waals surface area contributed by atoms with Gasteiger partial charge in [0.05, 0.1) is 12.2 Å². The Labute approximate surface area is 159 Å². The minimum Gasteiger partial charge on any atom is -0.316 e. The van der Waals surface area contributed by atoms with Gasteiger partial charge >= 0.3 is 0 Å². The molecule has 0 saturated carbocycles. The molecular formula is C19H18F2N4OS. The van der Waals surface area contributed by atoms with Gasteiger partial charge in [-0.2, -0.15) is 4.91 Å². The fourth-order valence-corrected chi connectivity index (χ4v) is 3.93. The van der Waals surface area contributed by atoms with Gasteiger partial charge in [0.25, 0.3) is 0 Å². The molecule has 2 aromatic heterocycles. The van der Waals surface area contributed by atoms with E-state index in [1.54, 1.807) is 12.4 Å². The Kier molecular flexibility index (Phi) is 5.95. The summed E-state index contributed by atoms with van der Waals surface area (Å²) >= 11 is 1.22. The van der Waals surface area contributed by atoms with E-state index in [2.05, 4.69) is 15.1 Å². The van der Waals surface area contributed by atoms with Gasteiger partial charge in [0.1, 0.15) is 29.0 Å². The molecule has 0 bridgehead atoms. The van der Waals surface area contributed by atoms with Gasteiger partial charge in [0, 0.05) is 23.4 Å². The molecule has 0 N–H and O–H groups in total. The quantitative estimate of drug-likeness (QED) is 0.526. The second-order valence-electron chi connectivity index (χ2n) is 6.31. The van der Waals surface area contributed by atoms with E-state index in [0.717, 1.165) is 22.3 Å². The molecule has 0 unspecified atom stereocenters. The van der Waals surface area contributed by atoms with Crippen LogP contribution in [0.4, 0.5) is 8.78 Å². The topological polar surface area (TPSA) is 60.1 Å². The molecule has 5 nitrogen and oxygen atoms in total. The highest BCUT2D eigenvalue weighted by atomic mass is 32.2. The number of aromatic nitrogens is 3. The summed E-state index contributed by atoms with van der Waals surface area (Å²) < 4.78 is 29.1. The number of nitroso groups, excluding NO2 is 1. The lowest BCUT2D eigenvalue weighted by atomic mass is 10.1. The van der Waals surface area contributed by atoms with Crippen molar-refractivity contribution in [3.8, 4) is 0 Å². The summed E-state index contributed by atoms with van der Waals surface area (Å²) in [5.74, 6) is -0.711. The molecule has 1 aromatic carbocycles. The first kappa shape index (κ1) is 19.2. The van der Waals surface area contributed by atoms with Crippen LogP contribution in [0.2, 0.25) is 0 Å². The van der Waals surface area contributed by atoms with Crippen LogP contribution in [0.15, 0.2) is 57.8 Å². The van der Waals surface area contributed by atoms with Crippen molar-refractivity contribution in [2.24, 2.45) is 5.18 Å². The van der Waals surface area contributed by atoms with Crippen molar-refractivity contribution in [2.75, 3.05) is 0 Å². The molecule has 8 heteroatoms. The average Bonchev–Trinajstić information content (AvgIpc) is 2.93. The molecular weight excluding hydrogens is 370 g/mol. The van der Waals surface area contributed by atoms with Crippen LogP contribution in [0.5, 0.6) is 0 Å². The van der Waals surface area contributed by atoms with Crippen LogP contribution in [-0.2, 0) is 13.1 Å². The summed E-state index contributed by atoms with van der Waals surface area (Å²) in [6.07, 6.45) is 3.40. The summed E-state index contributed by atoms with van der Waals surface area (Å²) in [7, 11) is 0. The highest BCUT2D eigenvalue weighted by Crippen LogP contribution is 2.36. The van der Waals surface area contributed by atoms with Crippen LogP contribution in [-0.4, -0.2) is 14.5 Å². The Balaban J connectivity index is 2.09. The smallest absolute Gasteiger partial charge is 0.139 e. The number of benzene rings is 1. The highest BCUT2D eigenvalue weighted by Gasteiger charge is 2.21. The van der Waals surface area contributed by atoms with Crippen molar-refractivity contribution in [3.05, 3.63) is 76.3 Å². The maximum atomic E-state index is 13.6. The van der Waals surface area contributed by atoms with Crippen LogP contribution in [0, 0.1) is 16.5 Å². The van der Waals surface area contributed by atoms with Gasteiger partial charge in [0.15, 0.2) is 0 Å². The van der Waals surface area contributed by atoms with E-state index in [0.29, 0.717) is 17.3 Å². The molecule has 3 rings (SSSR count). The first-order valence-electron chi connectivity index (χ1n) is 8.39. The summed E-state index contributed by atoms with van der Waals surface area (Å²) in [4.78, 5) is 20.0. The fourth-order valence-electron chi connectivity index (χ4n) is 2.70. The van der Waals surface area contributed by atoms with Gasteiger partial charge in [-0.25, -0.2) is 13.8 Å². The van der Waals surface area contributed by atoms with Gasteiger partial charge in [-0.3, -0.25) is 4.98 Å². The second kappa shape index (κ2) is 8.39. The lowest BCUT2D eigenvalue weighted by Crippen LogP contribution is -2.06. The third-order valence-electron chi connectivity index (χ3n) is 3.89. The molecule has 140 valence electrons. The first-order chi connectivity index (χ1) is 13.0. The number of pyridine rings is 1. The summed E-state index contributed by atoms with van der Waals surface area (Å²) in [6.45, 7) is 4.30. The third kappa shape index (κ3) is 4.57.